The highest BCUT2D eigenvalue weighted by molar-refractivity contribution is 5.44. The maximum Gasteiger partial charge on any atom is 0.119 e. The van der Waals surface area contributed by atoms with E-state index in [1.54, 1.807) is 0 Å². The molecule has 1 aliphatic heterocycles. The Morgan fingerprint density at radius 3 is 2.52 bits per heavy atom. The van der Waals surface area contributed by atoms with Crippen LogP contribution in [0.15, 0.2) is 42.5 Å². The molecule has 31 heavy (non-hydrogen) atoms. The Morgan fingerprint density at radius 2 is 1.81 bits per heavy atom. The van der Waals surface area contributed by atoms with Crippen LogP contribution in [-0.4, -0.2) is 35.1 Å². The Hall–Kier alpha value is -2.39. The molecule has 1 saturated heterocycles. The van der Waals surface area contributed by atoms with Crippen molar-refractivity contribution in [2.75, 3.05) is 6.61 Å². The molecule has 1 aliphatic carbocycles. The topological polar surface area (TPSA) is 82.7 Å². The number of hydrogen-bond acceptors (Lipinski definition) is 5. The van der Waals surface area contributed by atoms with Gasteiger partial charge in [0, 0.05) is 12.8 Å². The second kappa shape index (κ2) is 10.3. The van der Waals surface area contributed by atoms with Crippen LogP contribution < -0.4 is 4.74 Å². The van der Waals surface area contributed by atoms with E-state index in [0.717, 1.165) is 35.3 Å². The lowest BCUT2D eigenvalue weighted by molar-refractivity contribution is -0.113. The van der Waals surface area contributed by atoms with E-state index in [1.807, 2.05) is 30.3 Å². The van der Waals surface area contributed by atoms with Crippen molar-refractivity contribution in [3.05, 3.63) is 64.7 Å². The van der Waals surface area contributed by atoms with Crippen molar-refractivity contribution < 1.29 is 19.7 Å². The first-order chi connectivity index (χ1) is 15.1. The van der Waals surface area contributed by atoms with E-state index in [9.17, 15) is 15.5 Å². The van der Waals surface area contributed by atoms with E-state index in [4.69, 9.17) is 9.47 Å². The van der Waals surface area contributed by atoms with Crippen LogP contribution in [0.3, 0.4) is 0 Å². The average molecular weight is 422 g/mol. The first-order valence-corrected chi connectivity index (χ1v) is 11.4. The van der Waals surface area contributed by atoms with E-state index in [1.165, 1.54) is 19.3 Å². The lowest BCUT2D eigenvalue weighted by atomic mass is 9.92. The summed E-state index contributed by atoms with van der Waals surface area (Å²) in [5.74, 6) is 0.907. The number of benzene rings is 2. The zero-order valence-electron chi connectivity index (χ0n) is 17.9. The van der Waals surface area contributed by atoms with Gasteiger partial charge in [0.05, 0.1) is 42.7 Å². The van der Waals surface area contributed by atoms with Crippen LogP contribution in [0.2, 0.25) is 0 Å². The van der Waals surface area contributed by atoms with Crippen LogP contribution in [0, 0.1) is 11.3 Å². The zero-order valence-corrected chi connectivity index (χ0v) is 17.9. The summed E-state index contributed by atoms with van der Waals surface area (Å²) in [7, 11) is 0. The van der Waals surface area contributed by atoms with Crippen molar-refractivity contribution in [3.8, 4) is 11.8 Å². The van der Waals surface area contributed by atoms with Crippen LogP contribution in [-0.2, 0) is 11.2 Å². The Kier molecular flexibility index (Phi) is 7.24. The molecule has 1 heterocycles. The minimum Gasteiger partial charge on any atom is -0.490 e. The summed E-state index contributed by atoms with van der Waals surface area (Å²) in [5, 5.41) is 29.1. The highest BCUT2D eigenvalue weighted by Crippen LogP contribution is 2.33. The van der Waals surface area contributed by atoms with Gasteiger partial charge in [0.25, 0.3) is 0 Å². The third-order valence-electron chi connectivity index (χ3n) is 6.38. The summed E-state index contributed by atoms with van der Waals surface area (Å²) < 4.78 is 12.1. The van der Waals surface area contributed by atoms with Gasteiger partial charge >= 0.3 is 0 Å². The van der Waals surface area contributed by atoms with Gasteiger partial charge in [-0.1, -0.05) is 30.7 Å². The molecule has 2 N–H and O–H groups in total. The first kappa shape index (κ1) is 21.8. The van der Waals surface area contributed by atoms with Gasteiger partial charge in [0.2, 0.25) is 0 Å². The molecule has 1 saturated carbocycles. The number of aliphatic hydroxyl groups excluding tert-OH is 2. The number of hydrogen-bond donors (Lipinski definition) is 2. The quantitative estimate of drug-likeness (QED) is 0.721. The molecule has 164 valence electrons. The molecule has 5 heteroatoms. The van der Waals surface area contributed by atoms with E-state index >= 15 is 0 Å². The zero-order chi connectivity index (χ0) is 21.6. The summed E-state index contributed by atoms with van der Waals surface area (Å²) in [6.45, 7) is -0.105. The van der Waals surface area contributed by atoms with Gasteiger partial charge in [-0.2, -0.15) is 5.26 Å². The van der Waals surface area contributed by atoms with E-state index in [-0.39, 0.29) is 18.8 Å². The minimum absolute atomic E-state index is 0.105. The molecule has 0 aromatic heterocycles. The normalized spacial score (nSPS) is 24.5. The van der Waals surface area contributed by atoms with E-state index < -0.39 is 6.10 Å². The van der Waals surface area contributed by atoms with E-state index in [0.29, 0.717) is 30.9 Å². The van der Waals surface area contributed by atoms with E-state index in [2.05, 4.69) is 18.2 Å². The number of ether oxygens (including phenoxy) is 2. The van der Waals surface area contributed by atoms with Crippen LogP contribution in [0.5, 0.6) is 5.75 Å². The van der Waals surface area contributed by atoms with Gasteiger partial charge in [-0.15, -0.1) is 0 Å². The summed E-state index contributed by atoms with van der Waals surface area (Å²) in [5.41, 5.74) is 3.62. The van der Waals surface area contributed by atoms with Crippen LogP contribution in [0.4, 0.5) is 0 Å². The maximum absolute atomic E-state index is 10.1. The standard InChI is InChI=1S/C26H31NO4/c27-16-20-9-8-19(26-15-22(29)14-25(17-28)31-26)13-21(20)12-18-6-10-24(11-7-18)30-23-4-2-1-3-5-23/h6-11,13,22-23,25-26,28-29H,1-5,12,14-15,17H2. The van der Waals surface area contributed by atoms with Gasteiger partial charge in [0.15, 0.2) is 0 Å². The Balaban J connectivity index is 1.47. The van der Waals surface area contributed by atoms with Gasteiger partial charge in [0.1, 0.15) is 5.75 Å². The molecule has 2 fully saturated rings. The fourth-order valence-electron chi connectivity index (χ4n) is 4.67. The molecule has 5 nitrogen and oxygen atoms in total. The summed E-state index contributed by atoms with van der Waals surface area (Å²) >= 11 is 0. The Morgan fingerprint density at radius 1 is 1.03 bits per heavy atom. The third kappa shape index (κ3) is 5.65. The molecule has 2 aromatic rings. The van der Waals surface area contributed by atoms with Gasteiger partial charge in [-0.25, -0.2) is 0 Å². The molecule has 0 amide bonds. The van der Waals surface area contributed by atoms with Crippen LogP contribution >= 0.6 is 0 Å². The summed E-state index contributed by atoms with van der Waals surface area (Å²) in [6, 6.07) is 16.2. The molecular formula is C26H31NO4. The molecule has 2 aliphatic rings. The summed E-state index contributed by atoms with van der Waals surface area (Å²) in [4.78, 5) is 0. The monoisotopic (exact) mass is 421 g/mol. The number of aliphatic hydroxyl groups is 2. The van der Waals surface area contributed by atoms with Crippen LogP contribution in [0.1, 0.15) is 73.3 Å². The minimum atomic E-state index is -0.494. The van der Waals surface area contributed by atoms with Crippen LogP contribution in [0.25, 0.3) is 0 Å². The lowest BCUT2D eigenvalue weighted by Gasteiger charge is -2.32. The molecule has 2 aromatic carbocycles. The molecule has 0 radical (unpaired) electrons. The molecule has 3 unspecified atom stereocenters. The second-order valence-electron chi connectivity index (χ2n) is 8.78. The smallest absolute Gasteiger partial charge is 0.119 e. The molecule has 4 rings (SSSR count). The molecular weight excluding hydrogens is 390 g/mol. The summed E-state index contributed by atoms with van der Waals surface area (Å²) in [6.07, 6.45) is 6.85. The average Bonchev–Trinajstić information content (AvgIpc) is 2.80. The fourth-order valence-corrected chi connectivity index (χ4v) is 4.67. The third-order valence-corrected chi connectivity index (χ3v) is 6.38. The van der Waals surface area contributed by atoms with Gasteiger partial charge in [-0.3, -0.25) is 0 Å². The largest absolute Gasteiger partial charge is 0.490 e. The second-order valence-corrected chi connectivity index (χ2v) is 8.78. The maximum atomic E-state index is 10.1. The van der Waals surface area contributed by atoms with Crippen molar-refractivity contribution in [3.63, 3.8) is 0 Å². The predicted octanol–water partition coefficient (Wildman–Crippen LogP) is 4.43. The highest BCUT2D eigenvalue weighted by atomic mass is 16.5. The molecule has 0 bridgehead atoms. The van der Waals surface area contributed by atoms with Crippen molar-refractivity contribution in [1.29, 1.82) is 5.26 Å². The van der Waals surface area contributed by atoms with Gasteiger partial charge in [-0.05, 0) is 67.0 Å². The Bertz CT molecular complexity index is 899. The number of nitriles is 1. The number of rotatable bonds is 6. The molecule has 3 atom stereocenters. The Labute approximate surface area is 184 Å². The molecule has 0 spiro atoms. The van der Waals surface area contributed by atoms with Crippen molar-refractivity contribution in [2.45, 2.75) is 75.8 Å². The SMILES string of the molecule is N#Cc1ccc(C2CC(O)CC(CO)O2)cc1Cc1ccc(OC2CCCCC2)cc1. The van der Waals surface area contributed by atoms with Crippen molar-refractivity contribution >= 4 is 0 Å². The highest BCUT2D eigenvalue weighted by Gasteiger charge is 2.29. The van der Waals surface area contributed by atoms with Gasteiger partial charge < -0.3 is 19.7 Å². The lowest BCUT2D eigenvalue weighted by Crippen LogP contribution is -2.33. The predicted molar refractivity (Wildman–Crippen MR) is 118 cm³/mol. The first-order valence-electron chi connectivity index (χ1n) is 11.4. The fraction of sp³-hybridized carbons (Fsp3) is 0.500. The van der Waals surface area contributed by atoms with Crippen molar-refractivity contribution in [2.24, 2.45) is 0 Å². The number of nitrogens with zero attached hydrogens (tertiary/aromatic N) is 1. The van der Waals surface area contributed by atoms with Crippen molar-refractivity contribution in [1.82, 2.24) is 0 Å².